The Labute approximate surface area is 199 Å². The summed E-state index contributed by atoms with van der Waals surface area (Å²) in [6.07, 6.45) is 5.65. The predicted octanol–water partition coefficient (Wildman–Crippen LogP) is 4.93. The first-order valence-electron chi connectivity index (χ1n) is 11.5. The molecule has 1 unspecified atom stereocenters. The van der Waals surface area contributed by atoms with E-state index in [1.807, 2.05) is 29.2 Å². The van der Waals surface area contributed by atoms with Gasteiger partial charge in [0.25, 0.3) is 0 Å². The van der Waals surface area contributed by atoms with Gasteiger partial charge < -0.3 is 14.5 Å². The highest BCUT2D eigenvalue weighted by molar-refractivity contribution is 7.10. The van der Waals surface area contributed by atoms with Crippen molar-refractivity contribution >= 4 is 34.8 Å². The summed E-state index contributed by atoms with van der Waals surface area (Å²) in [5, 5.41) is 2.78. The maximum atomic E-state index is 13.6. The molecule has 2 aliphatic rings. The van der Waals surface area contributed by atoms with Crippen LogP contribution in [0.4, 0.5) is 0 Å². The summed E-state index contributed by atoms with van der Waals surface area (Å²) in [7, 11) is 1.66. The zero-order valence-corrected chi connectivity index (χ0v) is 20.2. The van der Waals surface area contributed by atoms with Crippen LogP contribution in [0.5, 0.6) is 0 Å². The molecule has 1 aromatic carbocycles. The number of hydrogen-bond donors (Lipinski definition) is 0. The Hall–Kier alpha value is -1.89. The Morgan fingerprint density at radius 3 is 2.66 bits per heavy atom. The van der Waals surface area contributed by atoms with Gasteiger partial charge in [0.05, 0.1) is 12.6 Å². The fourth-order valence-corrected chi connectivity index (χ4v) is 5.97. The maximum Gasteiger partial charge on any atom is 0.242 e. The number of benzene rings is 1. The Morgan fingerprint density at radius 1 is 1.19 bits per heavy atom. The molecule has 2 aromatic rings. The first kappa shape index (κ1) is 23.3. The number of carbonyl (C=O) groups excluding carboxylic acids is 2. The third-order valence-corrected chi connectivity index (χ3v) is 7.84. The molecule has 0 saturated heterocycles. The third-order valence-electron chi connectivity index (χ3n) is 6.59. The largest absolute Gasteiger partial charge is 0.385 e. The molecular weight excluding hydrogens is 444 g/mol. The molecule has 2 heterocycles. The van der Waals surface area contributed by atoms with Crippen molar-refractivity contribution in [3.05, 3.63) is 56.7 Å². The summed E-state index contributed by atoms with van der Waals surface area (Å²) in [5.41, 5.74) is 2.24. The second-order valence-electron chi connectivity index (χ2n) is 8.68. The predicted molar refractivity (Wildman–Crippen MR) is 128 cm³/mol. The van der Waals surface area contributed by atoms with Crippen molar-refractivity contribution in [1.29, 1.82) is 0 Å². The molecule has 7 heteroatoms. The van der Waals surface area contributed by atoms with Gasteiger partial charge in [-0.2, -0.15) is 0 Å². The molecule has 1 aliphatic heterocycles. The molecular formula is C25H31ClN2O3S. The zero-order valence-electron chi connectivity index (χ0n) is 18.6. The van der Waals surface area contributed by atoms with Crippen LogP contribution in [-0.4, -0.2) is 55.0 Å². The number of rotatable bonds is 8. The molecule has 0 bridgehead atoms. The number of ether oxygens (including phenoxy) is 1. The van der Waals surface area contributed by atoms with Crippen LogP contribution < -0.4 is 0 Å². The topological polar surface area (TPSA) is 49.9 Å². The molecule has 0 N–H and O–H groups in total. The highest BCUT2D eigenvalue weighted by atomic mass is 35.5. The van der Waals surface area contributed by atoms with E-state index in [0.717, 1.165) is 44.1 Å². The Kier molecular flexibility index (Phi) is 7.87. The lowest BCUT2D eigenvalue weighted by Gasteiger charge is -2.38. The van der Waals surface area contributed by atoms with Gasteiger partial charge in [0.2, 0.25) is 11.8 Å². The summed E-state index contributed by atoms with van der Waals surface area (Å²) in [6.45, 7) is 1.92. The van der Waals surface area contributed by atoms with E-state index < -0.39 is 0 Å². The minimum atomic E-state index is -0.142. The highest BCUT2D eigenvalue weighted by Crippen LogP contribution is 2.38. The first-order valence-corrected chi connectivity index (χ1v) is 12.7. The third kappa shape index (κ3) is 5.19. The Morgan fingerprint density at radius 2 is 1.94 bits per heavy atom. The van der Waals surface area contributed by atoms with E-state index in [0.29, 0.717) is 24.7 Å². The monoisotopic (exact) mass is 474 g/mol. The van der Waals surface area contributed by atoms with Gasteiger partial charge in [-0.05, 0) is 60.4 Å². The van der Waals surface area contributed by atoms with Crippen LogP contribution in [0.25, 0.3) is 0 Å². The number of carbonyl (C=O) groups is 2. The van der Waals surface area contributed by atoms with Crippen molar-refractivity contribution in [2.45, 2.75) is 44.6 Å². The van der Waals surface area contributed by atoms with E-state index in [-0.39, 0.29) is 30.3 Å². The van der Waals surface area contributed by atoms with Gasteiger partial charge in [-0.1, -0.05) is 36.6 Å². The van der Waals surface area contributed by atoms with Crippen molar-refractivity contribution in [3.8, 4) is 0 Å². The summed E-state index contributed by atoms with van der Waals surface area (Å²) in [6, 6.07) is 9.73. The minimum Gasteiger partial charge on any atom is -0.385 e. The molecule has 0 spiro atoms. The molecule has 172 valence electrons. The molecule has 1 aromatic heterocycles. The number of methoxy groups -OCH3 is 1. The Balaban J connectivity index is 1.55. The van der Waals surface area contributed by atoms with E-state index in [9.17, 15) is 9.59 Å². The molecule has 1 saturated carbocycles. The van der Waals surface area contributed by atoms with Crippen LogP contribution in [0.3, 0.4) is 0 Å². The molecule has 4 rings (SSSR count). The smallest absolute Gasteiger partial charge is 0.242 e. The molecule has 1 aliphatic carbocycles. The van der Waals surface area contributed by atoms with Crippen molar-refractivity contribution in [3.63, 3.8) is 0 Å². The standard InChI is InChI=1S/C25H31ClN2O3S/c1-31-15-4-13-27(25(30)19-5-2-3-6-19)17-23(29)28-14-11-22-21(12-16-32-22)24(28)18-7-9-20(26)10-8-18/h7-10,12,16,19,24H,2-6,11,13-15,17H2,1H3. The minimum absolute atomic E-state index is 0.00515. The average molecular weight is 475 g/mol. The zero-order chi connectivity index (χ0) is 22.5. The fraction of sp³-hybridized carbons (Fsp3) is 0.520. The van der Waals surface area contributed by atoms with Gasteiger partial charge in [0.15, 0.2) is 0 Å². The van der Waals surface area contributed by atoms with E-state index in [1.54, 1.807) is 23.3 Å². The Bertz CT molecular complexity index is 924. The van der Waals surface area contributed by atoms with Gasteiger partial charge in [-0.3, -0.25) is 9.59 Å². The summed E-state index contributed by atoms with van der Waals surface area (Å²) in [4.78, 5) is 31.9. The van der Waals surface area contributed by atoms with Crippen molar-refractivity contribution in [1.82, 2.24) is 9.80 Å². The van der Waals surface area contributed by atoms with Gasteiger partial charge in [0, 0.05) is 42.6 Å². The van der Waals surface area contributed by atoms with Gasteiger partial charge >= 0.3 is 0 Å². The average Bonchev–Trinajstić information content (AvgIpc) is 3.50. The first-order chi connectivity index (χ1) is 15.6. The maximum absolute atomic E-state index is 13.6. The van der Waals surface area contributed by atoms with Crippen molar-refractivity contribution in [2.24, 2.45) is 5.92 Å². The van der Waals surface area contributed by atoms with Gasteiger partial charge in [0.1, 0.15) is 0 Å². The second-order valence-corrected chi connectivity index (χ2v) is 10.1. The van der Waals surface area contributed by atoms with Crippen LogP contribution in [0, 0.1) is 5.92 Å². The van der Waals surface area contributed by atoms with Crippen LogP contribution in [-0.2, 0) is 20.7 Å². The van der Waals surface area contributed by atoms with Crippen LogP contribution in [0.2, 0.25) is 5.02 Å². The molecule has 32 heavy (non-hydrogen) atoms. The lowest BCUT2D eigenvalue weighted by atomic mass is 9.93. The number of hydrogen-bond acceptors (Lipinski definition) is 4. The second kappa shape index (κ2) is 10.8. The SMILES string of the molecule is COCCCN(CC(=O)N1CCc2sccc2C1c1ccc(Cl)cc1)C(=O)C1CCCC1. The number of nitrogens with zero attached hydrogens (tertiary/aromatic N) is 2. The van der Waals surface area contributed by atoms with E-state index in [1.165, 1.54) is 10.4 Å². The van der Waals surface area contributed by atoms with Crippen molar-refractivity contribution < 1.29 is 14.3 Å². The number of halogens is 1. The normalized spacial score (nSPS) is 18.6. The summed E-state index contributed by atoms with van der Waals surface area (Å²) in [5.74, 6) is 0.191. The fourth-order valence-electron chi connectivity index (χ4n) is 4.94. The van der Waals surface area contributed by atoms with E-state index in [4.69, 9.17) is 16.3 Å². The molecule has 0 radical (unpaired) electrons. The molecule has 1 atom stereocenters. The number of fused-ring (bicyclic) bond motifs is 1. The van der Waals surface area contributed by atoms with Crippen LogP contribution in [0.15, 0.2) is 35.7 Å². The quantitative estimate of drug-likeness (QED) is 0.509. The van der Waals surface area contributed by atoms with Crippen LogP contribution in [0.1, 0.15) is 54.1 Å². The van der Waals surface area contributed by atoms with Crippen LogP contribution >= 0.6 is 22.9 Å². The molecule has 2 amide bonds. The van der Waals surface area contributed by atoms with Crippen molar-refractivity contribution in [2.75, 3.05) is 33.4 Å². The van der Waals surface area contributed by atoms with E-state index >= 15 is 0 Å². The van der Waals surface area contributed by atoms with E-state index in [2.05, 4.69) is 11.4 Å². The van der Waals surface area contributed by atoms with Gasteiger partial charge in [-0.25, -0.2) is 0 Å². The summed E-state index contributed by atoms with van der Waals surface area (Å²) < 4.78 is 5.19. The molecule has 1 fully saturated rings. The lowest BCUT2D eigenvalue weighted by Crippen LogP contribution is -2.48. The highest BCUT2D eigenvalue weighted by Gasteiger charge is 2.35. The number of thiophene rings is 1. The molecule has 5 nitrogen and oxygen atoms in total. The summed E-state index contributed by atoms with van der Waals surface area (Å²) >= 11 is 7.87. The van der Waals surface area contributed by atoms with Gasteiger partial charge in [-0.15, -0.1) is 11.3 Å². The number of amides is 2. The lowest BCUT2D eigenvalue weighted by molar-refractivity contribution is -0.144.